The number of piperazine rings is 1. The maximum Gasteiger partial charge on any atom is 0.222 e. The molecule has 2 aromatic carbocycles. The van der Waals surface area contributed by atoms with Gasteiger partial charge in [0.1, 0.15) is 5.78 Å². The highest BCUT2D eigenvalue weighted by Gasteiger charge is 2.41. The van der Waals surface area contributed by atoms with Gasteiger partial charge in [-0.25, -0.2) is 0 Å². The third kappa shape index (κ3) is 4.49. The zero-order chi connectivity index (χ0) is 20.8. The van der Waals surface area contributed by atoms with Crippen LogP contribution in [0.15, 0.2) is 60.7 Å². The number of carbonyl (C=O) groups excluding carboxylic acids is 2. The maximum atomic E-state index is 13.3. The van der Waals surface area contributed by atoms with Crippen molar-refractivity contribution in [3.8, 4) is 0 Å². The second-order valence-corrected chi connectivity index (χ2v) is 8.71. The number of rotatable bonds is 6. The van der Waals surface area contributed by atoms with Crippen LogP contribution < -0.4 is 5.32 Å². The molecule has 1 N–H and O–H groups in total. The molecule has 2 unspecified atom stereocenters. The zero-order valence-electron chi connectivity index (χ0n) is 17.7. The van der Waals surface area contributed by atoms with Crippen LogP contribution in [0.3, 0.4) is 0 Å². The average Bonchev–Trinajstić information content (AvgIpc) is 2.80. The lowest BCUT2D eigenvalue weighted by molar-refractivity contribution is -0.135. The molecule has 1 aliphatic carbocycles. The Balaban J connectivity index is 1.48. The van der Waals surface area contributed by atoms with E-state index in [9.17, 15) is 9.59 Å². The van der Waals surface area contributed by atoms with Crippen LogP contribution in [0.4, 0.5) is 0 Å². The van der Waals surface area contributed by atoms with Gasteiger partial charge >= 0.3 is 0 Å². The molecule has 2 fully saturated rings. The topological polar surface area (TPSA) is 49.4 Å². The van der Waals surface area contributed by atoms with Crippen LogP contribution in [-0.4, -0.2) is 42.3 Å². The van der Waals surface area contributed by atoms with Crippen LogP contribution in [0.1, 0.15) is 49.7 Å². The molecular weight excluding hydrogens is 372 g/mol. The Morgan fingerprint density at radius 1 is 1.03 bits per heavy atom. The second kappa shape index (κ2) is 9.57. The molecule has 1 saturated heterocycles. The van der Waals surface area contributed by atoms with E-state index in [1.54, 1.807) is 0 Å². The lowest BCUT2D eigenvalue weighted by atomic mass is 9.66. The van der Waals surface area contributed by atoms with Gasteiger partial charge in [0.15, 0.2) is 0 Å². The molecule has 1 heterocycles. The molecule has 0 spiro atoms. The number of nitrogens with one attached hydrogen (secondary N) is 1. The highest BCUT2D eigenvalue weighted by atomic mass is 16.2. The monoisotopic (exact) mass is 404 g/mol. The van der Waals surface area contributed by atoms with Crippen molar-refractivity contribution in [3.63, 3.8) is 0 Å². The molecule has 1 amide bonds. The number of hydrogen-bond acceptors (Lipinski definition) is 3. The van der Waals surface area contributed by atoms with Gasteiger partial charge in [-0.2, -0.15) is 0 Å². The first-order valence-corrected chi connectivity index (χ1v) is 11.3. The van der Waals surface area contributed by atoms with Crippen molar-refractivity contribution >= 4 is 11.7 Å². The predicted octanol–water partition coefficient (Wildman–Crippen LogP) is 3.89. The number of amides is 1. The molecule has 4 nitrogen and oxygen atoms in total. The number of ketones is 1. The van der Waals surface area contributed by atoms with Gasteiger partial charge in [0.2, 0.25) is 5.91 Å². The van der Waals surface area contributed by atoms with Crippen LogP contribution in [0.25, 0.3) is 0 Å². The van der Waals surface area contributed by atoms with Crippen molar-refractivity contribution in [2.24, 2.45) is 0 Å². The van der Waals surface area contributed by atoms with Crippen molar-refractivity contribution in [1.29, 1.82) is 0 Å². The number of Topliss-reactive ketones (excluding diaryl/α,β-unsaturated/α-hetero) is 1. The van der Waals surface area contributed by atoms with Crippen LogP contribution in [-0.2, 0) is 21.4 Å². The highest BCUT2D eigenvalue weighted by Crippen LogP contribution is 2.40. The number of carbonyl (C=O) groups is 2. The molecule has 1 saturated carbocycles. The van der Waals surface area contributed by atoms with Gasteiger partial charge in [-0.05, 0) is 36.8 Å². The Morgan fingerprint density at radius 3 is 2.50 bits per heavy atom. The van der Waals surface area contributed by atoms with E-state index in [1.165, 1.54) is 5.56 Å². The summed E-state index contributed by atoms with van der Waals surface area (Å²) in [5.41, 5.74) is 1.86. The minimum Gasteiger partial charge on any atom is -0.337 e. The lowest BCUT2D eigenvalue weighted by Crippen LogP contribution is -2.54. The summed E-state index contributed by atoms with van der Waals surface area (Å²) in [6.07, 6.45) is 5.44. The Bertz CT molecular complexity index is 852. The molecule has 4 heteroatoms. The molecule has 2 atom stereocenters. The van der Waals surface area contributed by atoms with Gasteiger partial charge in [0, 0.05) is 38.5 Å². The normalized spacial score (nSPS) is 24.6. The van der Waals surface area contributed by atoms with E-state index >= 15 is 0 Å². The van der Waals surface area contributed by atoms with E-state index in [-0.39, 0.29) is 11.9 Å². The summed E-state index contributed by atoms with van der Waals surface area (Å²) < 4.78 is 0. The molecule has 30 heavy (non-hydrogen) atoms. The molecule has 4 rings (SSSR count). The molecule has 158 valence electrons. The Kier molecular flexibility index (Phi) is 6.63. The van der Waals surface area contributed by atoms with Crippen molar-refractivity contribution in [3.05, 3.63) is 71.8 Å². The van der Waals surface area contributed by atoms with E-state index in [1.807, 2.05) is 24.3 Å². The first kappa shape index (κ1) is 20.8. The van der Waals surface area contributed by atoms with Crippen molar-refractivity contribution in [1.82, 2.24) is 10.2 Å². The first-order valence-electron chi connectivity index (χ1n) is 11.3. The standard InChI is InChI=1S/C26H32N2O2/c29-24-13-7-8-15-26(24,22-11-5-2-6-12-22)16-14-25(30)28-18-17-27-20-23(28)19-21-9-3-1-4-10-21/h1-6,9-12,23,27H,7-8,13-20H2. The summed E-state index contributed by atoms with van der Waals surface area (Å²) in [5.74, 6) is 0.500. The SMILES string of the molecule is O=C(CCC1(c2ccccc2)CCCCC1=O)N1CCNCC1Cc1ccccc1. The Hall–Kier alpha value is -2.46. The summed E-state index contributed by atoms with van der Waals surface area (Å²) in [6, 6.07) is 20.7. The van der Waals surface area contributed by atoms with Crippen molar-refractivity contribution in [2.75, 3.05) is 19.6 Å². The number of benzene rings is 2. The smallest absolute Gasteiger partial charge is 0.222 e. The van der Waals surface area contributed by atoms with Crippen molar-refractivity contribution < 1.29 is 9.59 Å². The molecule has 2 aromatic rings. The van der Waals surface area contributed by atoms with Crippen LogP contribution in [0.2, 0.25) is 0 Å². The third-order valence-corrected chi connectivity index (χ3v) is 6.87. The van der Waals surface area contributed by atoms with E-state index in [2.05, 4.69) is 46.6 Å². The van der Waals surface area contributed by atoms with E-state index in [4.69, 9.17) is 0 Å². The second-order valence-electron chi connectivity index (χ2n) is 8.71. The summed E-state index contributed by atoms with van der Waals surface area (Å²) in [6.45, 7) is 2.39. The van der Waals surface area contributed by atoms with Gasteiger partial charge in [-0.15, -0.1) is 0 Å². The Labute approximate surface area is 179 Å². The minimum absolute atomic E-state index is 0.170. The van der Waals surface area contributed by atoms with Crippen molar-refractivity contribution in [2.45, 2.75) is 56.4 Å². The zero-order valence-corrected chi connectivity index (χ0v) is 17.7. The van der Waals surface area contributed by atoms with E-state index in [0.717, 1.165) is 50.9 Å². The fourth-order valence-corrected chi connectivity index (χ4v) is 5.18. The third-order valence-electron chi connectivity index (χ3n) is 6.87. The quantitative estimate of drug-likeness (QED) is 0.795. The summed E-state index contributed by atoms with van der Waals surface area (Å²) in [5, 5.41) is 3.44. The fraction of sp³-hybridized carbons (Fsp3) is 0.462. The fourth-order valence-electron chi connectivity index (χ4n) is 5.18. The number of nitrogens with zero attached hydrogens (tertiary/aromatic N) is 1. The van der Waals surface area contributed by atoms with E-state index < -0.39 is 5.41 Å². The highest BCUT2D eigenvalue weighted by molar-refractivity contribution is 5.91. The summed E-state index contributed by atoms with van der Waals surface area (Å²) >= 11 is 0. The maximum absolute atomic E-state index is 13.3. The van der Waals surface area contributed by atoms with Gasteiger partial charge < -0.3 is 10.2 Å². The van der Waals surface area contributed by atoms with Gasteiger partial charge in [-0.1, -0.05) is 67.1 Å². The van der Waals surface area contributed by atoms with Gasteiger partial charge in [0.05, 0.1) is 5.41 Å². The molecule has 2 aliphatic rings. The van der Waals surface area contributed by atoms with Crippen LogP contribution in [0, 0.1) is 0 Å². The van der Waals surface area contributed by atoms with Crippen LogP contribution in [0.5, 0.6) is 0 Å². The molecule has 0 bridgehead atoms. The lowest BCUT2D eigenvalue weighted by Gasteiger charge is -2.39. The molecule has 0 radical (unpaired) electrons. The van der Waals surface area contributed by atoms with Gasteiger partial charge in [-0.3, -0.25) is 9.59 Å². The average molecular weight is 405 g/mol. The molecule has 1 aliphatic heterocycles. The largest absolute Gasteiger partial charge is 0.337 e. The summed E-state index contributed by atoms with van der Waals surface area (Å²) in [7, 11) is 0. The Morgan fingerprint density at radius 2 is 1.77 bits per heavy atom. The molecule has 0 aromatic heterocycles. The van der Waals surface area contributed by atoms with E-state index in [0.29, 0.717) is 25.0 Å². The van der Waals surface area contributed by atoms with Gasteiger partial charge in [0.25, 0.3) is 0 Å². The molecular formula is C26H32N2O2. The first-order chi connectivity index (χ1) is 14.7. The minimum atomic E-state index is -0.488. The van der Waals surface area contributed by atoms with Crippen LogP contribution >= 0.6 is 0 Å². The predicted molar refractivity (Wildman–Crippen MR) is 119 cm³/mol. The number of hydrogen-bond donors (Lipinski definition) is 1. The summed E-state index contributed by atoms with van der Waals surface area (Å²) in [4.78, 5) is 28.4.